The lowest BCUT2D eigenvalue weighted by Crippen LogP contribution is -2.35. The lowest BCUT2D eigenvalue weighted by Gasteiger charge is -2.15. The van der Waals surface area contributed by atoms with Crippen molar-refractivity contribution < 1.29 is 0 Å². The Kier molecular flexibility index (Phi) is 6.87. The van der Waals surface area contributed by atoms with E-state index >= 15 is 0 Å². The van der Waals surface area contributed by atoms with Gasteiger partial charge in [-0.05, 0) is 13.8 Å². The highest BCUT2D eigenvalue weighted by molar-refractivity contribution is 5.86. The van der Waals surface area contributed by atoms with Crippen LogP contribution in [0.4, 0.5) is 0 Å². The fourth-order valence-electron chi connectivity index (χ4n) is 0.492. The first-order valence-electron chi connectivity index (χ1n) is 4.34. The monoisotopic (exact) mass is 234 g/mol. The van der Waals surface area contributed by atoms with Crippen LogP contribution in [0.2, 0.25) is 0 Å². The van der Waals surface area contributed by atoms with Gasteiger partial charge < -0.3 is 11.5 Å². The molecule has 0 saturated carbocycles. The Morgan fingerprint density at radius 2 is 1.80 bits per heavy atom. The highest BCUT2D eigenvalue weighted by Gasteiger charge is 2.20. The Balaban J connectivity index is 0. The summed E-state index contributed by atoms with van der Waals surface area (Å²) in [5.74, 6) is -0.0668. The van der Waals surface area contributed by atoms with Crippen LogP contribution in [0.25, 0.3) is 0 Å². The van der Waals surface area contributed by atoms with Crippen LogP contribution in [0.5, 0.6) is 0 Å². The number of rotatable bonds is 5. The van der Waals surface area contributed by atoms with Crippen LogP contribution < -0.4 is 11.5 Å². The lowest BCUT2D eigenvalue weighted by molar-refractivity contribution is 0.608. The van der Waals surface area contributed by atoms with Crippen LogP contribution >= 0.6 is 12.4 Å². The summed E-state index contributed by atoms with van der Waals surface area (Å²) in [6.07, 6.45) is 0. The normalized spacial score (nSPS) is 13.3. The fourth-order valence-corrected chi connectivity index (χ4v) is 0.492. The molecule has 7 heteroatoms. The summed E-state index contributed by atoms with van der Waals surface area (Å²) in [6.45, 7) is 5.56. The van der Waals surface area contributed by atoms with Gasteiger partial charge in [0.05, 0.1) is 12.4 Å². The van der Waals surface area contributed by atoms with Crippen molar-refractivity contribution in [1.29, 1.82) is 10.8 Å². The Morgan fingerprint density at radius 3 is 2.13 bits per heavy atom. The molecule has 0 amide bonds. The van der Waals surface area contributed by atoms with Gasteiger partial charge in [-0.1, -0.05) is 6.92 Å². The van der Waals surface area contributed by atoms with Crippen molar-refractivity contribution in [3.63, 3.8) is 0 Å². The molecule has 0 bridgehead atoms. The number of nitrogens with one attached hydrogen (secondary N) is 2. The molecule has 0 aliphatic rings. The van der Waals surface area contributed by atoms with E-state index in [0.717, 1.165) is 0 Å². The predicted molar refractivity (Wildman–Crippen MR) is 64.0 cm³/mol. The van der Waals surface area contributed by atoms with Gasteiger partial charge >= 0.3 is 0 Å². The van der Waals surface area contributed by atoms with Gasteiger partial charge in [0.2, 0.25) is 0 Å². The van der Waals surface area contributed by atoms with Crippen LogP contribution in [-0.4, -0.2) is 23.8 Å². The number of azo groups is 1. The van der Waals surface area contributed by atoms with Crippen molar-refractivity contribution in [1.82, 2.24) is 0 Å². The smallest absolute Gasteiger partial charge is 0.132 e. The largest absolute Gasteiger partial charge is 0.387 e. The molecule has 0 aliphatic carbocycles. The highest BCUT2D eigenvalue weighted by Crippen LogP contribution is 2.09. The quantitative estimate of drug-likeness (QED) is 0.324. The maximum absolute atomic E-state index is 7.22. The van der Waals surface area contributed by atoms with Gasteiger partial charge in [0.15, 0.2) is 0 Å². The number of hydrogen-bond acceptors (Lipinski definition) is 4. The number of nitrogens with two attached hydrogens (primary N) is 2. The van der Waals surface area contributed by atoms with E-state index in [1.807, 2.05) is 0 Å². The molecular formula is C8H19ClN6. The van der Waals surface area contributed by atoms with Crippen molar-refractivity contribution in [3.05, 3.63) is 0 Å². The third-order valence-electron chi connectivity index (χ3n) is 1.87. The average Bonchev–Trinajstić information content (AvgIpc) is 2.03. The van der Waals surface area contributed by atoms with E-state index in [2.05, 4.69) is 10.2 Å². The van der Waals surface area contributed by atoms with Crippen LogP contribution in [-0.2, 0) is 0 Å². The van der Waals surface area contributed by atoms with Crippen molar-refractivity contribution in [2.75, 3.05) is 6.54 Å². The van der Waals surface area contributed by atoms with E-state index in [-0.39, 0.29) is 30.0 Å². The van der Waals surface area contributed by atoms with Gasteiger partial charge in [0.1, 0.15) is 11.4 Å². The SMILES string of the molecule is CC(CN=NC(C)(C)C(=N)N)C(=N)N.Cl. The molecule has 1 unspecified atom stereocenters. The average molecular weight is 235 g/mol. The van der Waals surface area contributed by atoms with Gasteiger partial charge in [-0.2, -0.15) is 10.2 Å². The van der Waals surface area contributed by atoms with E-state index in [1.54, 1.807) is 20.8 Å². The van der Waals surface area contributed by atoms with E-state index < -0.39 is 5.54 Å². The minimum atomic E-state index is -0.767. The van der Waals surface area contributed by atoms with Gasteiger partial charge in [0, 0.05) is 5.92 Å². The molecule has 0 heterocycles. The zero-order chi connectivity index (χ0) is 11.4. The van der Waals surface area contributed by atoms with Crippen molar-refractivity contribution in [2.24, 2.45) is 27.6 Å². The van der Waals surface area contributed by atoms with Crippen LogP contribution in [0.1, 0.15) is 20.8 Å². The summed E-state index contributed by atoms with van der Waals surface area (Å²) >= 11 is 0. The molecule has 1 atom stereocenters. The summed E-state index contributed by atoms with van der Waals surface area (Å²) in [7, 11) is 0. The first-order chi connectivity index (χ1) is 6.27. The summed E-state index contributed by atoms with van der Waals surface area (Å²) in [6, 6.07) is 0. The van der Waals surface area contributed by atoms with Crippen molar-refractivity contribution in [3.8, 4) is 0 Å². The zero-order valence-corrected chi connectivity index (χ0v) is 10.1. The van der Waals surface area contributed by atoms with E-state index in [4.69, 9.17) is 22.3 Å². The molecule has 0 aromatic carbocycles. The maximum Gasteiger partial charge on any atom is 0.132 e. The van der Waals surface area contributed by atoms with Crippen LogP contribution in [0.15, 0.2) is 10.2 Å². The summed E-state index contributed by atoms with van der Waals surface area (Å²) in [5.41, 5.74) is 9.80. The molecule has 0 aromatic heterocycles. The molecule has 0 spiro atoms. The third kappa shape index (κ3) is 6.01. The molecule has 0 saturated heterocycles. The second-order valence-corrected chi connectivity index (χ2v) is 3.75. The summed E-state index contributed by atoms with van der Waals surface area (Å²) < 4.78 is 0. The molecule has 6 nitrogen and oxygen atoms in total. The number of hydrogen-bond donors (Lipinski definition) is 4. The molecule has 0 rings (SSSR count). The second-order valence-electron chi connectivity index (χ2n) is 3.75. The Morgan fingerprint density at radius 1 is 1.33 bits per heavy atom. The minimum Gasteiger partial charge on any atom is -0.387 e. The van der Waals surface area contributed by atoms with Gasteiger partial charge in [-0.15, -0.1) is 12.4 Å². The number of amidine groups is 2. The fraction of sp³-hybridized carbons (Fsp3) is 0.750. The standard InChI is InChI=1S/C8H18N6.ClH/c1-5(6(9)10)4-13-14-8(2,3)7(11)12;/h5H,4H2,1-3H3,(H3,9,10)(H3,11,12);1H. The molecule has 15 heavy (non-hydrogen) atoms. The molecular weight excluding hydrogens is 216 g/mol. The topological polar surface area (TPSA) is 124 Å². The van der Waals surface area contributed by atoms with E-state index in [0.29, 0.717) is 6.54 Å². The van der Waals surface area contributed by atoms with Gasteiger partial charge in [0.25, 0.3) is 0 Å². The number of halogens is 1. The van der Waals surface area contributed by atoms with Gasteiger partial charge in [-0.25, -0.2) is 0 Å². The molecule has 0 radical (unpaired) electrons. The van der Waals surface area contributed by atoms with Crippen molar-refractivity contribution in [2.45, 2.75) is 26.3 Å². The Labute approximate surface area is 95.9 Å². The van der Waals surface area contributed by atoms with Gasteiger partial charge in [-0.3, -0.25) is 10.8 Å². The van der Waals surface area contributed by atoms with Crippen LogP contribution in [0, 0.1) is 16.7 Å². The van der Waals surface area contributed by atoms with Crippen molar-refractivity contribution >= 4 is 24.1 Å². The Hall–Kier alpha value is -1.17. The Bertz CT molecular complexity index is 260. The molecule has 6 N–H and O–H groups in total. The predicted octanol–water partition coefficient (Wildman–Crippen LogP) is 1.15. The molecule has 0 fully saturated rings. The minimum absolute atomic E-state index is 0. The maximum atomic E-state index is 7.22. The highest BCUT2D eigenvalue weighted by atomic mass is 35.5. The van der Waals surface area contributed by atoms with E-state index in [9.17, 15) is 0 Å². The molecule has 88 valence electrons. The van der Waals surface area contributed by atoms with Crippen LogP contribution in [0.3, 0.4) is 0 Å². The summed E-state index contributed by atoms with van der Waals surface area (Å²) in [4.78, 5) is 0. The second kappa shape index (κ2) is 6.34. The first kappa shape index (κ1) is 16.3. The zero-order valence-electron chi connectivity index (χ0n) is 9.24. The lowest BCUT2D eigenvalue weighted by atomic mass is 10.1. The summed E-state index contributed by atoms with van der Waals surface area (Å²) in [5, 5.41) is 22.1. The molecule has 0 aromatic rings. The number of nitrogens with zero attached hydrogens (tertiary/aromatic N) is 2. The van der Waals surface area contributed by atoms with E-state index in [1.165, 1.54) is 0 Å². The third-order valence-corrected chi connectivity index (χ3v) is 1.87. The first-order valence-corrected chi connectivity index (χ1v) is 4.34. The molecule has 0 aliphatic heterocycles.